The predicted molar refractivity (Wildman–Crippen MR) is 103 cm³/mol. The number of nitrogens with one attached hydrogen (secondary N) is 1. The summed E-state index contributed by atoms with van der Waals surface area (Å²) in [7, 11) is -3.74. The van der Waals surface area contributed by atoms with E-state index in [2.05, 4.69) is 11.9 Å². The van der Waals surface area contributed by atoms with Gasteiger partial charge in [-0.3, -0.25) is 4.79 Å². The van der Waals surface area contributed by atoms with E-state index in [-0.39, 0.29) is 23.4 Å². The second kappa shape index (κ2) is 8.78. The average Bonchev–Trinajstić information content (AvgIpc) is 2.64. The molecule has 0 atom stereocenters. The van der Waals surface area contributed by atoms with Crippen LogP contribution in [0.3, 0.4) is 0 Å². The molecule has 5 nitrogen and oxygen atoms in total. The van der Waals surface area contributed by atoms with Gasteiger partial charge in [-0.05, 0) is 37.6 Å². The number of benzene rings is 2. The van der Waals surface area contributed by atoms with E-state index < -0.39 is 10.0 Å². The molecule has 2 aromatic rings. The van der Waals surface area contributed by atoms with Gasteiger partial charge in [0, 0.05) is 24.7 Å². The quantitative estimate of drug-likeness (QED) is 0.724. The highest BCUT2D eigenvalue weighted by molar-refractivity contribution is 7.89. The monoisotopic (exact) mass is 372 g/mol. The molecular weight excluding hydrogens is 348 g/mol. The van der Waals surface area contributed by atoms with Gasteiger partial charge < -0.3 is 5.32 Å². The third kappa shape index (κ3) is 4.80. The zero-order chi connectivity index (χ0) is 19.2. The van der Waals surface area contributed by atoms with Crippen molar-refractivity contribution in [2.45, 2.75) is 31.3 Å². The highest BCUT2D eigenvalue weighted by atomic mass is 32.2. The van der Waals surface area contributed by atoms with Crippen molar-refractivity contribution in [2.24, 2.45) is 0 Å². The molecule has 2 rings (SSSR count). The first kappa shape index (κ1) is 19.9. The Morgan fingerprint density at radius 2 is 1.85 bits per heavy atom. The second-order valence-corrected chi connectivity index (χ2v) is 8.05. The van der Waals surface area contributed by atoms with Gasteiger partial charge in [-0.15, -0.1) is 6.58 Å². The number of rotatable bonds is 8. The van der Waals surface area contributed by atoms with Gasteiger partial charge in [0.15, 0.2) is 0 Å². The summed E-state index contributed by atoms with van der Waals surface area (Å²) < 4.78 is 27.7. The smallest absolute Gasteiger partial charge is 0.251 e. The largest absolute Gasteiger partial charge is 0.349 e. The third-order valence-corrected chi connectivity index (χ3v) is 5.88. The van der Waals surface area contributed by atoms with Crippen LogP contribution in [0.25, 0.3) is 0 Å². The summed E-state index contributed by atoms with van der Waals surface area (Å²) in [5.74, 6) is -0.332. The lowest BCUT2D eigenvalue weighted by atomic mass is 10.2. The van der Waals surface area contributed by atoms with E-state index in [1.54, 1.807) is 18.2 Å². The van der Waals surface area contributed by atoms with Crippen LogP contribution in [-0.2, 0) is 16.6 Å². The van der Waals surface area contributed by atoms with Crippen molar-refractivity contribution in [1.82, 2.24) is 9.62 Å². The lowest BCUT2D eigenvalue weighted by Gasteiger charge is -2.26. The molecule has 0 unspecified atom stereocenters. The number of carbonyl (C=O) groups excluding carboxylic acids is 1. The Morgan fingerprint density at radius 1 is 1.15 bits per heavy atom. The Morgan fingerprint density at radius 3 is 2.46 bits per heavy atom. The predicted octanol–water partition coefficient (Wildman–Crippen LogP) is 3.20. The average molecular weight is 372 g/mol. The molecule has 1 N–H and O–H groups in total. The molecule has 0 saturated heterocycles. The fourth-order valence-electron chi connectivity index (χ4n) is 2.51. The molecule has 26 heavy (non-hydrogen) atoms. The number of carbonyl (C=O) groups is 1. The molecule has 138 valence electrons. The molecule has 2 aromatic carbocycles. The van der Waals surface area contributed by atoms with Crippen LogP contribution in [0, 0.1) is 0 Å². The zero-order valence-electron chi connectivity index (χ0n) is 15.1. The minimum atomic E-state index is -3.74. The molecule has 0 aromatic heterocycles. The van der Waals surface area contributed by atoms with Crippen LogP contribution in [0.1, 0.15) is 29.8 Å². The van der Waals surface area contributed by atoms with Crippen LogP contribution in [-0.4, -0.2) is 31.2 Å². The van der Waals surface area contributed by atoms with E-state index in [4.69, 9.17) is 0 Å². The first-order chi connectivity index (χ1) is 12.4. The highest BCUT2D eigenvalue weighted by Crippen LogP contribution is 2.22. The Labute approximate surface area is 155 Å². The van der Waals surface area contributed by atoms with Crippen LogP contribution >= 0.6 is 0 Å². The molecule has 0 aliphatic carbocycles. The SMILES string of the molecule is C=CCNC(=O)c1cccc(S(=O)(=O)N(Cc2ccccc2)C(C)C)c1. The minimum Gasteiger partial charge on any atom is -0.349 e. The van der Waals surface area contributed by atoms with Crippen LogP contribution < -0.4 is 5.32 Å². The Balaban J connectivity index is 2.34. The molecule has 0 radical (unpaired) electrons. The Kier molecular flexibility index (Phi) is 6.71. The molecule has 0 saturated carbocycles. The summed E-state index contributed by atoms with van der Waals surface area (Å²) >= 11 is 0. The Bertz CT molecular complexity index is 862. The van der Waals surface area contributed by atoms with Crippen molar-refractivity contribution in [2.75, 3.05) is 6.54 Å². The minimum absolute atomic E-state index is 0.105. The van der Waals surface area contributed by atoms with Crippen LogP contribution in [0.2, 0.25) is 0 Å². The maximum absolute atomic E-state index is 13.1. The van der Waals surface area contributed by atoms with Crippen molar-refractivity contribution in [3.8, 4) is 0 Å². The fourth-order valence-corrected chi connectivity index (χ4v) is 4.18. The molecule has 0 fully saturated rings. The second-order valence-electron chi connectivity index (χ2n) is 6.16. The van der Waals surface area contributed by atoms with Crippen molar-refractivity contribution >= 4 is 15.9 Å². The van der Waals surface area contributed by atoms with E-state index in [0.717, 1.165) is 5.56 Å². The number of hydrogen-bond acceptors (Lipinski definition) is 3. The molecule has 0 bridgehead atoms. The normalized spacial score (nSPS) is 11.5. The van der Waals surface area contributed by atoms with Crippen molar-refractivity contribution in [3.05, 3.63) is 78.4 Å². The maximum Gasteiger partial charge on any atom is 0.251 e. The summed E-state index contributed by atoms with van der Waals surface area (Å²) in [5, 5.41) is 2.65. The molecule has 0 spiro atoms. The summed E-state index contributed by atoms with van der Waals surface area (Å²) in [6.45, 7) is 7.81. The number of sulfonamides is 1. The summed E-state index contributed by atoms with van der Waals surface area (Å²) in [5.41, 5.74) is 1.21. The number of nitrogens with zero attached hydrogens (tertiary/aromatic N) is 1. The van der Waals surface area contributed by atoms with Gasteiger partial charge in [-0.1, -0.05) is 42.5 Å². The van der Waals surface area contributed by atoms with Gasteiger partial charge in [-0.25, -0.2) is 8.42 Å². The standard InChI is InChI=1S/C20H24N2O3S/c1-4-13-21-20(23)18-11-8-12-19(14-18)26(24,25)22(16(2)3)15-17-9-6-5-7-10-17/h4-12,14,16H,1,13,15H2,2-3H3,(H,21,23). The molecule has 0 heterocycles. The zero-order valence-corrected chi connectivity index (χ0v) is 15.9. The lowest BCUT2D eigenvalue weighted by molar-refractivity contribution is 0.0958. The van der Waals surface area contributed by atoms with E-state index >= 15 is 0 Å². The van der Waals surface area contributed by atoms with Gasteiger partial charge in [0.2, 0.25) is 10.0 Å². The third-order valence-electron chi connectivity index (χ3n) is 3.87. The molecular formula is C20H24N2O3S. The molecule has 1 amide bonds. The number of hydrogen-bond donors (Lipinski definition) is 1. The molecule has 6 heteroatoms. The van der Waals surface area contributed by atoms with Crippen LogP contribution in [0.4, 0.5) is 0 Å². The first-order valence-electron chi connectivity index (χ1n) is 8.41. The highest BCUT2D eigenvalue weighted by Gasteiger charge is 2.27. The molecule has 0 aliphatic heterocycles. The Hall–Kier alpha value is -2.44. The summed E-state index contributed by atoms with van der Waals surface area (Å²) in [6, 6.07) is 15.3. The van der Waals surface area contributed by atoms with Crippen LogP contribution in [0.15, 0.2) is 72.1 Å². The maximum atomic E-state index is 13.1. The van der Waals surface area contributed by atoms with Crippen molar-refractivity contribution in [1.29, 1.82) is 0 Å². The summed E-state index contributed by atoms with van der Waals surface area (Å²) in [6.07, 6.45) is 1.57. The first-order valence-corrected chi connectivity index (χ1v) is 9.85. The molecule has 0 aliphatic rings. The van der Waals surface area contributed by atoms with Crippen LogP contribution in [0.5, 0.6) is 0 Å². The summed E-state index contributed by atoms with van der Waals surface area (Å²) in [4.78, 5) is 12.2. The fraction of sp³-hybridized carbons (Fsp3) is 0.250. The number of amides is 1. The van der Waals surface area contributed by atoms with Gasteiger partial charge in [0.25, 0.3) is 5.91 Å². The van der Waals surface area contributed by atoms with Gasteiger partial charge >= 0.3 is 0 Å². The lowest BCUT2D eigenvalue weighted by Crippen LogP contribution is -2.36. The van der Waals surface area contributed by atoms with Gasteiger partial charge in [0.05, 0.1) is 4.90 Å². The van der Waals surface area contributed by atoms with Crippen molar-refractivity contribution in [3.63, 3.8) is 0 Å². The van der Waals surface area contributed by atoms with Gasteiger partial charge in [-0.2, -0.15) is 4.31 Å². The van der Waals surface area contributed by atoms with Gasteiger partial charge in [0.1, 0.15) is 0 Å². The van der Waals surface area contributed by atoms with E-state index in [1.807, 2.05) is 44.2 Å². The van der Waals surface area contributed by atoms with E-state index in [1.165, 1.54) is 16.4 Å². The topological polar surface area (TPSA) is 66.5 Å². The van der Waals surface area contributed by atoms with Crippen molar-refractivity contribution < 1.29 is 13.2 Å². The van der Waals surface area contributed by atoms with E-state index in [0.29, 0.717) is 12.1 Å². The van der Waals surface area contributed by atoms with E-state index in [9.17, 15) is 13.2 Å².